The molecule has 4 N–H and O–H groups in total. The van der Waals surface area contributed by atoms with Gasteiger partial charge in [0, 0.05) is 12.8 Å². The van der Waals surface area contributed by atoms with Crippen LogP contribution in [-0.4, -0.2) is 89.0 Å². The van der Waals surface area contributed by atoms with Crippen molar-refractivity contribution in [1.29, 1.82) is 0 Å². The summed E-state index contributed by atoms with van der Waals surface area (Å²) < 4.78 is 22.0. The van der Waals surface area contributed by atoms with E-state index in [-0.39, 0.29) is 26.1 Å². The molecule has 0 aromatic heterocycles. The number of carbonyl (C=O) groups is 2. The Balaban J connectivity index is 2.46. The van der Waals surface area contributed by atoms with E-state index in [0.29, 0.717) is 12.8 Å². The minimum absolute atomic E-state index is 0.184. The normalized spacial score (nSPS) is 22.0. The van der Waals surface area contributed by atoms with Gasteiger partial charge in [0.15, 0.2) is 12.4 Å². The van der Waals surface area contributed by atoms with Crippen LogP contribution in [0.25, 0.3) is 0 Å². The summed E-state index contributed by atoms with van der Waals surface area (Å²) in [6, 6.07) is 0. The zero-order valence-corrected chi connectivity index (χ0v) is 31.1. The van der Waals surface area contributed by atoms with Crippen LogP contribution in [0.15, 0.2) is 72.9 Å². The maximum atomic E-state index is 12.7. The van der Waals surface area contributed by atoms with Gasteiger partial charge in [-0.2, -0.15) is 0 Å². The first-order chi connectivity index (χ1) is 24.8. The van der Waals surface area contributed by atoms with Crippen LogP contribution >= 0.6 is 0 Å². The number of aliphatic hydroxyl groups is 4. The molecular formula is C41H66O10. The summed E-state index contributed by atoms with van der Waals surface area (Å²) >= 11 is 0. The van der Waals surface area contributed by atoms with Crippen LogP contribution in [-0.2, 0) is 28.5 Å². The van der Waals surface area contributed by atoms with Crippen LogP contribution in [0.1, 0.15) is 117 Å². The highest BCUT2D eigenvalue weighted by molar-refractivity contribution is 5.70. The van der Waals surface area contributed by atoms with E-state index in [0.717, 1.165) is 77.0 Å². The molecule has 1 rings (SSSR count). The topological polar surface area (TPSA) is 152 Å². The Morgan fingerprint density at radius 1 is 0.608 bits per heavy atom. The minimum Gasteiger partial charge on any atom is -0.462 e. The maximum absolute atomic E-state index is 12.7. The van der Waals surface area contributed by atoms with Crippen molar-refractivity contribution in [2.75, 3.05) is 19.8 Å². The molecule has 0 aromatic carbocycles. The van der Waals surface area contributed by atoms with Crippen molar-refractivity contribution in [2.45, 2.75) is 153 Å². The molecule has 6 atom stereocenters. The molecule has 10 heteroatoms. The van der Waals surface area contributed by atoms with Gasteiger partial charge in [-0.05, 0) is 77.0 Å². The van der Waals surface area contributed by atoms with Gasteiger partial charge in [-0.3, -0.25) is 9.59 Å². The van der Waals surface area contributed by atoms with Crippen molar-refractivity contribution < 1.29 is 49.0 Å². The molecule has 10 nitrogen and oxygen atoms in total. The summed E-state index contributed by atoms with van der Waals surface area (Å²) in [5.41, 5.74) is 0. The lowest BCUT2D eigenvalue weighted by Crippen LogP contribution is -2.59. The fraction of sp³-hybridized carbons (Fsp3) is 0.659. The van der Waals surface area contributed by atoms with Crippen LogP contribution in [0.5, 0.6) is 0 Å². The van der Waals surface area contributed by atoms with E-state index in [2.05, 4.69) is 86.8 Å². The SMILES string of the molecule is CC/C=C\C/C=C\C/C=C\CCCCCC(=O)OCC(COC1OC(CO)C(O)C(O)C1O)OC(=O)CCCCC/C=C\C/C=C\C/C=C\CC. The van der Waals surface area contributed by atoms with Crippen molar-refractivity contribution in [3.05, 3.63) is 72.9 Å². The first kappa shape index (κ1) is 46.2. The van der Waals surface area contributed by atoms with E-state index in [9.17, 15) is 30.0 Å². The minimum atomic E-state index is -1.61. The molecule has 0 saturated carbocycles. The van der Waals surface area contributed by atoms with Gasteiger partial charge in [-0.15, -0.1) is 0 Å². The lowest BCUT2D eigenvalue weighted by Gasteiger charge is -2.39. The summed E-state index contributed by atoms with van der Waals surface area (Å²) in [6.07, 6.45) is 30.6. The lowest BCUT2D eigenvalue weighted by atomic mass is 9.99. The first-order valence-corrected chi connectivity index (χ1v) is 19.0. The highest BCUT2D eigenvalue weighted by Gasteiger charge is 2.44. The molecule has 1 saturated heterocycles. The molecular weight excluding hydrogens is 652 g/mol. The van der Waals surface area contributed by atoms with E-state index >= 15 is 0 Å². The predicted molar refractivity (Wildman–Crippen MR) is 201 cm³/mol. The van der Waals surface area contributed by atoms with Gasteiger partial charge in [0.05, 0.1) is 13.2 Å². The Kier molecular flexibility index (Phi) is 28.8. The Bertz CT molecular complexity index is 1060. The van der Waals surface area contributed by atoms with Crippen molar-refractivity contribution in [3.63, 3.8) is 0 Å². The number of hydrogen-bond acceptors (Lipinski definition) is 10. The van der Waals surface area contributed by atoms with Gasteiger partial charge in [0.1, 0.15) is 31.0 Å². The molecule has 1 aliphatic heterocycles. The van der Waals surface area contributed by atoms with Crippen molar-refractivity contribution >= 4 is 11.9 Å². The zero-order chi connectivity index (χ0) is 37.4. The smallest absolute Gasteiger partial charge is 0.306 e. The number of hydrogen-bond donors (Lipinski definition) is 4. The first-order valence-electron chi connectivity index (χ1n) is 19.0. The number of unbranched alkanes of at least 4 members (excludes halogenated alkanes) is 6. The number of esters is 2. The van der Waals surface area contributed by atoms with Crippen LogP contribution in [0.4, 0.5) is 0 Å². The summed E-state index contributed by atoms with van der Waals surface area (Å²) in [4.78, 5) is 25.1. The number of rotatable bonds is 29. The Labute approximate surface area is 306 Å². The zero-order valence-electron chi connectivity index (χ0n) is 31.1. The molecule has 1 aliphatic rings. The average molecular weight is 719 g/mol. The fourth-order valence-electron chi connectivity index (χ4n) is 5.10. The molecule has 290 valence electrons. The molecule has 1 heterocycles. The van der Waals surface area contributed by atoms with Gasteiger partial charge >= 0.3 is 11.9 Å². The second-order valence-corrected chi connectivity index (χ2v) is 12.6. The third-order valence-corrected chi connectivity index (χ3v) is 8.09. The molecule has 51 heavy (non-hydrogen) atoms. The van der Waals surface area contributed by atoms with Crippen LogP contribution in [0.3, 0.4) is 0 Å². The van der Waals surface area contributed by atoms with E-state index in [1.807, 2.05) is 0 Å². The van der Waals surface area contributed by atoms with E-state index < -0.39 is 55.4 Å². The Morgan fingerprint density at radius 2 is 1.10 bits per heavy atom. The molecule has 1 fully saturated rings. The largest absolute Gasteiger partial charge is 0.462 e. The monoisotopic (exact) mass is 718 g/mol. The maximum Gasteiger partial charge on any atom is 0.306 e. The van der Waals surface area contributed by atoms with E-state index in [4.69, 9.17) is 18.9 Å². The van der Waals surface area contributed by atoms with Crippen LogP contribution < -0.4 is 0 Å². The summed E-state index contributed by atoms with van der Waals surface area (Å²) in [5, 5.41) is 39.9. The molecule has 6 unspecified atom stereocenters. The van der Waals surface area contributed by atoms with Crippen molar-refractivity contribution in [1.82, 2.24) is 0 Å². The molecule has 0 bridgehead atoms. The lowest BCUT2D eigenvalue weighted by molar-refractivity contribution is -0.305. The summed E-state index contributed by atoms with van der Waals surface area (Å²) in [7, 11) is 0. The molecule has 0 aliphatic carbocycles. The summed E-state index contributed by atoms with van der Waals surface area (Å²) in [6.45, 7) is 3.09. The van der Waals surface area contributed by atoms with Gasteiger partial charge in [-0.1, -0.05) is 99.6 Å². The van der Waals surface area contributed by atoms with E-state index in [1.54, 1.807) is 0 Å². The number of aliphatic hydroxyl groups excluding tert-OH is 4. The summed E-state index contributed by atoms with van der Waals surface area (Å²) in [5.74, 6) is -0.887. The third kappa shape index (κ3) is 24.1. The number of carbonyl (C=O) groups excluding carboxylic acids is 2. The van der Waals surface area contributed by atoms with Gasteiger partial charge in [0.2, 0.25) is 0 Å². The highest BCUT2D eigenvalue weighted by Crippen LogP contribution is 2.22. The number of ether oxygens (including phenoxy) is 4. The standard InChI is InChI=1S/C41H66O10/c1-3-5-7-9-11-13-15-17-19-21-23-25-27-29-36(43)48-32-34(33-49-41-40(47)39(46)38(45)35(31-42)51-41)50-37(44)30-28-26-24-22-20-18-16-14-12-10-8-6-4-2/h5-8,11-14,17-20,34-35,38-42,45-47H,3-4,9-10,15-16,21-33H2,1-2H3/b7-5-,8-6-,13-11-,14-12-,19-17-,20-18-. The van der Waals surface area contributed by atoms with Crippen LogP contribution in [0.2, 0.25) is 0 Å². The van der Waals surface area contributed by atoms with Crippen molar-refractivity contribution in [3.8, 4) is 0 Å². The van der Waals surface area contributed by atoms with Crippen molar-refractivity contribution in [2.24, 2.45) is 0 Å². The van der Waals surface area contributed by atoms with Gasteiger partial charge in [-0.25, -0.2) is 0 Å². The predicted octanol–water partition coefficient (Wildman–Crippen LogP) is 6.88. The molecule has 0 spiro atoms. The Morgan fingerprint density at radius 3 is 1.61 bits per heavy atom. The quantitative estimate of drug-likeness (QED) is 0.0366. The van der Waals surface area contributed by atoms with Crippen LogP contribution in [0, 0.1) is 0 Å². The van der Waals surface area contributed by atoms with E-state index in [1.165, 1.54) is 0 Å². The third-order valence-electron chi connectivity index (χ3n) is 8.09. The molecule has 0 aromatic rings. The van der Waals surface area contributed by atoms with Gasteiger partial charge in [0.25, 0.3) is 0 Å². The molecule has 0 radical (unpaired) electrons. The second kappa shape index (κ2) is 31.8. The van der Waals surface area contributed by atoms with Gasteiger partial charge < -0.3 is 39.4 Å². The Hall–Kier alpha value is -2.86. The highest BCUT2D eigenvalue weighted by atomic mass is 16.7. The fourth-order valence-corrected chi connectivity index (χ4v) is 5.10. The second-order valence-electron chi connectivity index (χ2n) is 12.6. The molecule has 0 amide bonds. The number of allylic oxidation sites excluding steroid dienone is 12. The average Bonchev–Trinajstić information content (AvgIpc) is 3.13.